The van der Waals surface area contributed by atoms with Crippen molar-refractivity contribution in [3.05, 3.63) is 48.0 Å². The van der Waals surface area contributed by atoms with E-state index in [0.717, 1.165) is 12.1 Å². The smallest absolute Gasteiger partial charge is 0.295 e. The van der Waals surface area contributed by atoms with E-state index in [-0.39, 0.29) is 42.9 Å². The van der Waals surface area contributed by atoms with Crippen LogP contribution in [0.2, 0.25) is 0 Å². The molecule has 0 aromatic heterocycles. The Morgan fingerprint density at radius 2 is 1.60 bits per heavy atom. The molecule has 14 heteroatoms. The average Bonchev–Trinajstić information content (AvgIpc) is 2.77. The molecule has 0 atom stereocenters. The summed E-state index contributed by atoms with van der Waals surface area (Å²) in [5.74, 6) is 0.294. The van der Waals surface area contributed by atoms with Gasteiger partial charge in [-0.15, -0.1) is 0 Å². The highest BCUT2D eigenvalue weighted by Crippen LogP contribution is 2.35. The molecular formula is C21H23N3O9S2. The van der Waals surface area contributed by atoms with Gasteiger partial charge in [0.1, 0.15) is 22.1 Å². The molecule has 3 aromatic carbocycles. The zero-order valence-corrected chi connectivity index (χ0v) is 20.1. The topological polar surface area (TPSA) is 198 Å². The summed E-state index contributed by atoms with van der Waals surface area (Å²) in [6, 6.07) is 8.95. The van der Waals surface area contributed by atoms with E-state index in [2.05, 4.69) is 10.2 Å². The summed E-state index contributed by atoms with van der Waals surface area (Å²) < 4.78 is 77.4. The fourth-order valence-corrected chi connectivity index (χ4v) is 4.65. The van der Waals surface area contributed by atoms with E-state index in [1.807, 2.05) is 0 Å². The molecule has 0 aliphatic rings. The fraction of sp³-hybridized carbons (Fsp3) is 0.238. The van der Waals surface area contributed by atoms with Gasteiger partial charge in [0.15, 0.2) is 0 Å². The number of hydrogen-bond donors (Lipinski definition) is 4. The van der Waals surface area contributed by atoms with Crippen molar-refractivity contribution in [3.8, 4) is 5.75 Å². The third kappa shape index (κ3) is 6.50. The number of nitrogen functional groups attached to an aromatic ring is 1. The lowest BCUT2D eigenvalue weighted by Gasteiger charge is -2.11. The van der Waals surface area contributed by atoms with Crippen molar-refractivity contribution in [2.24, 2.45) is 10.2 Å². The monoisotopic (exact) mass is 525 g/mol. The molecule has 5 N–H and O–H groups in total. The molecule has 12 nitrogen and oxygen atoms in total. The van der Waals surface area contributed by atoms with Gasteiger partial charge in [0, 0.05) is 16.8 Å². The van der Waals surface area contributed by atoms with E-state index in [0.29, 0.717) is 22.7 Å². The summed E-state index contributed by atoms with van der Waals surface area (Å²) in [5.41, 5.74) is 7.14. The minimum absolute atomic E-state index is 0.0997. The van der Waals surface area contributed by atoms with Gasteiger partial charge < -0.3 is 20.3 Å². The van der Waals surface area contributed by atoms with Crippen LogP contribution in [0.5, 0.6) is 5.75 Å². The highest BCUT2D eigenvalue weighted by molar-refractivity contribution is 7.86. The number of fused-ring (bicyclic) bond motifs is 1. The second-order valence-corrected chi connectivity index (χ2v) is 10.1. The van der Waals surface area contributed by atoms with E-state index in [4.69, 9.17) is 20.3 Å². The predicted molar refractivity (Wildman–Crippen MR) is 127 cm³/mol. The zero-order valence-electron chi connectivity index (χ0n) is 18.4. The molecule has 0 bridgehead atoms. The van der Waals surface area contributed by atoms with Gasteiger partial charge in [-0.1, -0.05) is 12.1 Å². The van der Waals surface area contributed by atoms with Gasteiger partial charge in [0.2, 0.25) is 0 Å². The van der Waals surface area contributed by atoms with Gasteiger partial charge in [-0.05, 0) is 36.8 Å². The Kier molecular flexibility index (Phi) is 8.04. The van der Waals surface area contributed by atoms with Crippen molar-refractivity contribution in [1.29, 1.82) is 0 Å². The molecule has 3 aromatic rings. The normalized spacial score (nSPS) is 12.5. The number of nitrogens with zero attached hydrogens (tertiary/aromatic N) is 2. The van der Waals surface area contributed by atoms with Crippen molar-refractivity contribution in [2.75, 3.05) is 32.2 Å². The van der Waals surface area contributed by atoms with E-state index in [1.54, 1.807) is 13.0 Å². The van der Waals surface area contributed by atoms with Crippen LogP contribution in [0.15, 0.2) is 62.5 Å². The third-order valence-corrected chi connectivity index (χ3v) is 6.59. The van der Waals surface area contributed by atoms with Crippen LogP contribution in [0.25, 0.3) is 10.8 Å². The summed E-state index contributed by atoms with van der Waals surface area (Å²) in [6.07, 6.45) is 0. The number of hydrogen-bond acceptors (Lipinski definition) is 10. The van der Waals surface area contributed by atoms with Crippen molar-refractivity contribution < 1.29 is 40.5 Å². The van der Waals surface area contributed by atoms with Crippen LogP contribution in [-0.4, -0.2) is 57.5 Å². The molecule has 0 unspecified atom stereocenters. The van der Waals surface area contributed by atoms with Gasteiger partial charge in [-0.2, -0.15) is 27.1 Å². The zero-order chi connectivity index (χ0) is 25.8. The number of ether oxygens (including phenoxy) is 2. The first-order chi connectivity index (χ1) is 16.4. The Hall–Kier alpha value is -3.14. The lowest BCUT2D eigenvalue weighted by Crippen LogP contribution is -2.10. The van der Waals surface area contributed by atoms with Crippen molar-refractivity contribution in [2.45, 2.75) is 16.7 Å². The minimum Gasteiger partial charge on any atom is -0.489 e. The van der Waals surface area contributed by atoms with Crippen molar-refractivity contribution >= 4 is 48.1 Å². The van der Waals surface area contributed by atoms with E-state index in [9.17, 15) is 25.9 Å². The molecule has 0 amide bonds. The molecular weight excluding hydrogens is 502 g/mol. The van der Waals surface area contributed by atoms with E-state index < -0.39 is 30.0 Å². The van der Waals surface area contributed by atoms with Crippen LogP contribution in [0.1, 0.15) is 5.56 Å². The first-order valence-corrected chi connectivity index (χ1v) is 12.9. The summed E-state index contributed by atoms with van der Waals surface area (Å²) in [4.78, 5) is -1.16. The van der Waals surface area contributed by atoms with Crippen LogP contribution in [0, 0.1) is 6.92 Å². The van der Waals surface area contributed by atoms with Crippen LogP contribution in [0.3, 0.4) is 0 Å². The van der Waals surface area contributed by atoms with Gasteiger partial charge >= 0.3 is 0 Å². The first kappa shape index (κ1) is 26.5. The van der Waals surface area contributed by atoms with Crippen LogP contribution >= 0.6 is 0 Å². The van der Waals surface area contributed by atoms with E-state index in [1.165, 1.54) is 24.3 Å². The van der Waals surface area contributed by atoms with Gasteiger partial charge in [-0.25, -0.2) is 0 Å². The number of aliphatic hydroxyl groups is 1. The quantitative estimate of drug-likeness (QED) is 0.132. The van der Waals surface area contributed by atoms with Crippen LogP contribution in [0.4, 0.5) is 17.1 Å². The molecule has 0 aliphatic carbocycles. The average molecular weight is 526 g/mol. The molecule has 188 valence electrons. The third-order valence-electron chi connectivity index (χ3n) is 4.78. The number of benzene rings is 3. The van der Waals surface area contributed by atoms with Crippen LogP contribution < -0.4 is 10.5 Å². The molecule has 0 radical (unpaired) electrons. The molecule has 3 rings (SSSR count). The number of aryl methyl sites for hydroxylation is 1. The number of rotatable bonds is 10. The van der Waals surface area contributed by atoms with Crippen LogP contribution in [-0.2, 0) is 25.0 Å². The second-order valence-electron chi connectivity index (χ2n) is 7.31. The Morgan fingerprint density at radius 3 is 2.26 bits per heavy atom. The maximum atomic E-state index is 12.0. The number of nitrogens with two attached hydrogens (primary N) is 1. The molecule has 0 spiro atoms. The SMILES string of the molecule is Cc1cc(N)c(OCCOCCO)cc1N=Nc1cc(S(=O)(=O)O)c2cccc(S(=O)(=O)O)c2c1. The molecule has 0 heterocycles. The summed E-state index contributed by atoms with van der Waals surface area (Å²) in [6.45, 7) is 2.14. The van der Waals surface area contributed by atoms with Crippen molar-refractivity contribution in [1.82, 2.24) is 0 Å². The summed E-state index contributed by atoms with van der Waals surface area (Å²) in [7, 11) is -9.49. The number of azo groups is 1. The summed E-state index contributed by atoms with van der Waals surface area (Å²) in [5, 5.41) is 16.5. The molecule has 0 saturated heterocycles. The number of anilines is 1. The molecule has 0 aliphatic heterocycles. The Bertz CT molecular complexity index is 1490. The maximum absolute atomic E-state index is 12.0. The standard InChI is InChI=1S/C21H23N3O9S2/c1-13-9-17(22)19(33-8-7-32-6-5-25)12-18(13)24-23-14-10-16-15(21(11-14)35(29,30)31)3-2-4-20(16)34(26,27)28/h2-4,9-12,25H,5-8,22H2,1H3,(H,26,27,28)(H,29,30,31). The Balaban J connectivity index is 2.04. The van der Waals surface area contributed by atoms with Gasteiger partial charge in [-0.3, -0.25) is 9.11 Å². The summed E-state index contributed by atoms with van der Waals surface area (Å²) >= 11 is 0. The molecule has 35 heavy (non-hydrogen) atoms. The predicted octanol–water partition coefficient (Wildman–Crippen LogP) is 3.03. The molecule has 0 fully saturated rings. The van der Waals surface area contributed by atoms with E-state index >= 15 is 0 Å². The lowest BCUT2D eigenvalue weighted by atomic mass is 10.1. The fourth-order valence-electron chi connectivity index (χ4n) is 3.23. The second kappa shape index (κ2) is 10.6. The lowest BCUT2D eigenvalue weighted by molar-refractivity contribution is 0.0707. The Labute approximate surface area is 201 Å². The van der Waals surface area contributed by atoms with Crippen molar-refractivity contribution in [3.63, 3.8) is 0 Å². The van der Waals surface area contributed by atoms with Gasteiger partial charge in [0.25, 0.3) is 20.2 Å². The maximum Gasteiger partial charge on any atom is 0.295 e. The van der Waals surface area contributed by atoms with Gasteiger partial charge in [0.05, 0.1) is 36.9 Å². The Morgan fingerprint density at radius 1 is 0.886 bits per heavy atom. The molecule has 0 saturated carbocycles. The first-order valence-electron chi connectivity index (χ1n) is 10.1. The largest absolute Gasteiger partial charge is 0.489 e. The highest BCUT2D eigenvalue weighted by Gasteiger charge is 2.21. The minimum atomic E-state index is -4.78. The highest BCUT2D eigenvalue weighted by atomic mass is 32.2. The number of aliphatic hydroxyl groups excluding tert-OH is 1.